The lowest BCUT2D eigenvalue weighted by atomic mass is 9.74. The van der Waals surface area contributed by atoms with E-state index >= 15 is 0 Å². The van der Waals surface area contributed by atoms with E-state index in [-0.39, 0.29) is 5.91 Å². The smallest absolute Gasteiger partial charge is 0.234 e. The van der Waals surface area contributed by atoms with Crippen molar-refractivity contribution in [2.75, 3.05) is 39.3 Å². The molecule has 0 aliphatic carbocycles. The van der Waals surface area contributed by atoms with Crippen LogP contribution in [-0.4, -0.2) is 66.2 Å². The first-order valence-electron chi connectivity index (χ1n) is 12.5. The highest BCUT2D eigenvalue weighted by atomic mass is 16.3. The van der Waals surface area contributed by atoms with Crippen molar-refractivity contribution in [1.82, 2.24) is 15.1 Å². The number of carbonyl (C=O) groups excluding carboxylic acids is 1. The Kier molecular flexibility index (Phi) is 7.09. The zero-order valence-electron chi connectivity index (χ0n) is 20.0. The Morgan fingerprint density at radius 3 is 1.89 bits per heavy atom. The fraction of sp³-hybridized carbons (Fsp3) is 0.300. The van der Waals surface area contributed by atoms with E-state index in [1.807, 2.05) is 0 Å². The number of aliphatic hydroxyl groups is 1. The topological polar surface area (TPSA) is 55.8 Å². The number of piperidine rings is 1. The minimum Gasteiger partial charge on any atom is -0.389 e. The third-order valence-electron chi connectivity index (χ3n) is 7.25. The van der Waals surface area contributed by atoms with Gasteiger partial charge in [-0.15, -0.1) is 0 Å². The number of piperazine rings is 1. The number of aliphatic hydroxyl groups excluding tert-OH is 1. The highest BCUT2D eigenvalue weighted by Crippen LogP contribution is 2.44. The first-order valence-corrected chi connectivity index (χ1v) is 12.5. The molecule has 2 aliphatic rings. The standard InChI is InChI=1S/C30H33N3O2/c34-28-17-20-33(22-24(28)16-19-32-21-18-31-29(35)23-32)30(25-10-4-1-5-11-25,26-12-6-2-7-13-26)27-14-8-3-9-15-27/h1-16,28,34H,17-23H2,(H,31,35)/b24-16+. The monoisotopic (exact) mass is 467 g/mol. The molecule has 0 spiro atoms. The van der Waals surface area contributed by atoms with Gasteiger partial charge in [0.25, 0.3) is 0 Å². The maximum atomic E-state index is 11.8. The van der Waals surface area contributed by atoms with Crippen molar-refractivity contribution in [3.05, 3.63) is 119 Å². The summed E-state index contributed by atoms with van der Waals surface area (Å²) in [6, 6.07) is 32.1. The van der Waals surface area contributed by atoms with Gasteiger partial charge in [-0.1, -0.05) is 97.1 Å². The van der Waals surface area contributed by atoms with E-state index in [1.165, 1.54) is 16.7 Å². The Labute approximate surface area is 207 Å². The van der Waals surface area contributed by atoms with Crippen LogP contribution in [0, 0.1) is 0 Å². The molecule has 35 heavy (non-hydrogen) atoms. The van der Waals surface area contributed by atoms with Gasteiger partial charge in [0.2, 0.25) is 5.91 Å². The van der Waals surface area contributed by atoms with Gasteiger partial charge in [-0.25, -0.2) is 0 Å². The number of nitrogens with zero attached hydrogens (tertiary/aromatic N) is 2. The molecule has 5 heteroatoms. The molecule has 1 unspecified atom stereocenters. The number of amides is 1. The largest absolute Gasteiger partial charge is 0.389 e. The van der Waals surface area contributed by atoms with Gasteiger partial charge < -0.3 is 10.4 Å². The average Bonchev–Trinajstić information content (AvgIpc) is 2.91. The predicted molar refractivity (Wildman–Crippen MR) is 139 cm³/mol. The van der Waals surface area contributed by atoms with Crippen molar-refractivity contribution in [2.24, 2.45) is 0 Å². The third-order valence-corrected chi connectivity index (χ3v) is 7.25. The SMILES string of the molecule is O=C1CN(C/C=C2\CN(C(c3ccccc3)(c3ccccc3)c3ccccc3)CCC2O)CCN1. The molecule has 2 fully saturated rings. The molecule has 0 aromatic heterocycles. The molecular weight excluding hydrogens is 434 g/mol. The summed E-state index contributed by atoms with van der Waals surface area (Å²) in [4.78, 5) is 16.5. The van der Waals surface area contributed by atoms with Crippen LogP contribution in [0.1, 0.15) is 23.1 Å². The first kappa shape index (κ1) is 23.5. The number of benzene rings is 3. The lowest BCUT2D eigenvalue weighted by Gasteiger charge is -2.48. The van der Waals surface area contributed by atoms with Gasteiger partial charge in [-0.2, -0.15) is 0 Å². The van der Waals surface area contributed by atoms with E-state index in [1.54, 1.807) is 0 Å². The summed E-state index contributed by atoms with van der Waals surface area (Å²) >= 11 is 0. The minimum absolute atomic E-state index is 0.0664. The van der Waals surface area contributed by atoms with E-state index in [4.69, 9.17) is 0 Å². The van der Waals surface area contributed by atoms with E-state index in [9.17, 15) is 9.90 Å². The van der Waals surface area contributed by atoms with Gasteiger partial charge in [-0.3, -0.25) is 14.6 Å². The van der Waals surface area contributed by atoms with Gasteiger partial charge in [0.1, 0.15) is 0 Å². The summed E-state index contributed by atoms with van der Waals surface area (Å²) in [6.45, 7) is 4.00. The molecule has 0 radical (unpaired) electrons. The summed E-state index contributed by atoms with van der Waals surface area (Å²) in [5.74, 6) is 0.0664. The second-order valence-corrected chi connectivity index (χ2v) is 9.40. The molecule has 3 aromatic rings. The highest BCUT2D eigenvalue weighted by Gasteiger charge is 2.44. The molecule has 2 saturated heterocycles. The van der Waals surface area contributed by atoms with E-state index in [0.717, 1.165) is 18.7 Å². The number of likely N-dealkylation sites (tertiary alicyclic amines) is 1. The third kappa shape index (κ3) is 4.80. The molecule has 2 aliphatic heterocycles. The molecule has 2 heterocycles. The van der Waals surface area contributed by atoms with Crippen molar-refractivity contribution in [1.29, 1.82) is 0 Å². The Morgan fingerprint density at radius 1 is 0.829 bits per heavy atom. The number of carbonyl (C=O) groups is 1. The van der Waals surface area contributed by atoms with Crippen molar-refractivity contribution in [3.63, 3.8) is 0 Å². The van der Waals surface area contributed by atoms with Crippen LogP contribution in [0.3, 0.4) is 0 Å². The zero-order chi connectivity index (χ0) is 24.1. The quantitative estimate of drug-likeness (QED) is 0.431. The molecule has 0 saturated carbocycles. The molecule has 0 bridgehead atoms. The van der Waals surface area contributed by atoms with Gasteiger partial charge in [-0.05, 0) is 28.7 Å². The van der Waals surface area contributed by atoms with Crippen molar-refractivity contribution in [3.8, 4) is 0 Å². The van der Waals surface area contributed by atoms with Crippen LogP contribution in [-0.2, 0) is 10.3 Å². The lowest BCUT2D eigenvalue weighted by molar-refractivity contribution is -0.123. The number of hydrogen-bond donors (Lipinski definition) is 2. The van der Waals surface area contributed by atoms with Crippen molar-refractivity contribution >= 4 is 5.91 Å². The van der Waals surface area contributed by atoms with Crippen molar-refractivity contribution < 1.29 is 9.90 Å². The van der Waals surface area contributed by atoms with Crippen LogP contribution in [0.4, 0.5) is 0 Å². The molecule has 2 N–H and O–H groups in total. The lowest BCUT2D eigenvalue weighted by Crippen LogP contribution is -2.53. The Hall–Kier alpha value is -3.25. The van der Waals surface area contributed by atoms with Crippen LogP contribution < -0.4 is 5.32 Å². The summed E-state index contributed by atoms with van der Waals surface area (Å²) in [7, 11) is 0. The van der Waals surface area contributed by atoms with Gasteiger partial charge in [0, 0.05) is 32.7 Å². The Balaban J connectivity index is 1.57. The fourth-order valence-electron chi connectivity index (χ4n) is 5.53. The van der Waals surface area contributed by atoms with Gasteiger partial charge in [0.15, 0.2) is 0 Å². The predicted octanol–water partition coefficient (Wildman–Crippen LogP) is 3.40. The number of nitrogens with one attached hydrogen (secondary N) is 1. The molecule has 1 amide bonds. The average molecular weight is 468 g/mol. The maximum Gasteiger partial charge on any atom is 0.234 e. The van der Waals surface area contributed by atoms with Crippen LogP contribution in [0.2, 0.25) is 0 Å². The van der Waals surface area contributed by atoms with Crippen LogP contribution >= 0.6 is 0 Å². The first-order chi connectivity index (χ1) is 17.2. The van der Waals surface area contributed by atoms with Gasteiger partial charge >= 0.3 is 0 Å². The number of hydrogen-bond acceptors (Lipinski definition) is 4. The van der Waals surface area contributed by atoms with E-state index < -0.39 is 11.6 Å². The molecule has 5 rings (SSSR count). The Bertz CT molecular complexity index is 1050. The minimum atomic E-state index is -0.492. The maximum absolute atomic E-state index is 11.8. The molecule has 3 aromatic carbocycles. The summed E-state index contributed by atoms with van der Waals surface area (Å²) in [5.41, 5.74) is 4.16. The zero-order valence-corrected chi connectivity index (χ0v) is 20.0. The summed E-state index contributed by atoms with van der Waals surface area (Å²) in [5, 5.41) is 13.8. The van der Waals surface area contributed by atoms with E-state index in [2.05, 4.69) is 112 Å². The summed E-state index contributed by atoms with van der Waals surface area (Å²) in [6.07, 6.45) is 2.34. The summed E-state index contributed by atoms with van der Waals surface area (Å²) < 4.78 is 0. The van der Waals surface area contributed by atoms with Crippen molar-refractivity contribution in [2.45, 2.75) is 18.1 Å². The second kappa shape index (κ2) is 10.6. The van der Waals surface area contributed by atoms with Crippen LogP contribution in [0.25, 0.3) is 0 Å². The molecule has 180 valence electrons. The van der Waals surface area contributed by atoms with Crippen LogP contribution in [0.5, 0.6) is 0 Å². The highest BCUT2D eigenvalue weighted by molar-refractivity contribution is 5.78. The van der Waals surface area contributed by atoms with Gasteiger partial charge in [0.05, 0.1) is 18.2 Å². The van der Waals surface area contributed by atoms with E-state index in [0.29, 0.717) is 32.6 Å². The second-order valence-electron chi connectivity index (χ2n) is 9.40. The fourth-order valence-corrected chi connectivity index (χ4v) is 5.53. The van der Waals surface area contributed by atoms with Crippen LogP contribution in [0.15, 0.2) is 103 Å². The molecule has 1 atom stereocenters. The normalized spacial score (nSPS) is 21.1. The Morgan fingerprint density at radius 2 is 1.37 bits per heavy atom. The molecule has 5 nitrogen and oxygen atoms in total. The number of rotatable bonds is 6. The molecular formula is C30H33N3O2.